The summed E-state index contributed by atoms with van der Waals surface area (Å²) in [5.41, 5.74) is 0.257. The molecule has 1 heterocycles. The molecule has 104 valence electrons. The van der Waals surface area contributed by atoms with E-state index in [0.717, 1.165) is 18.5 Å². The minimum Gasteiger partial charge on any atom is -0.396 e. The van der Waals surface area contributed by atoms with Crippen LogP contribution in [-0.4, -0.2) is 36.9 Å². The number of hydrogen-bond acceptors (Lipinski definition) is 3. The fourth-order valence-corrected chi connectivity index (χ4v) is 3.88. The van der Waals surface area contributed by atoms with Crippen LogP contribution in [0.4, 0.5) is 0 Å². The Morgan fingerprint density at radius 3 is 2.67 bits per heavy atom. The van der Waals surface area contributed by atoms with Crippen molar-refractivity contribution >= 4 is 0 Å². The summed E-state index contributed by atoms with van der Waals surface area (Å²) in [4.78, 5) is 0. The molecule has 3 heteroatoms. The zero-order valence-corrected chi connectivity index (χ0v) is 11.5. The van der Waals surface area contributed by atoms with E-state index in [1.807, 2.05) is 0 Å². The highest BCUT2D eigenvalue weighted by molar-refractivity contribution is 4.98. The predicted octanol–water partition coefficient (Wildman–Crippen LogP) is 1.66. The second kappa shape index (κ2) is 5.48. The van der Waals surface area contributed by atoms with Crippen molar-refractivity contribution < 1.29 is 5.11 Å². The van der Waals surface area contributed by atoms with Gasteiger partial charge in [-0.25, -0.2) is 0 Å². The first-order valence-electron chi connectivity index (χ1n) is 7.91. The van der Waals surface area contributed by atoms with Crippen LogP contribution in [0, 0.1) is 11.3 Å². The lowest BCUT2D eigenvalue weighted by Gasteiger charge is -2.33. The van der Waals surface area contributed by atoms with Crippen LogP contribution < -0.4 is 10.6 Å². The van der Waals surface area contributed by atoms with Crippen molar-refractivity contribution in [3.63, 3.8) is 0 Å². The molecule has 3 N–H and O–H groups in total. The van der Waals surface area contributed by atoms with Gasteiger partial charge in [-0.2, -0.15) is 0 Å². The van der Waals surface area contributed by atoms with E-state index in [-0.39, 0.29) is 5.41 Å². The molecule has 18 heavy (non-hydrogen) atoms. The molecule has 0 amide bonds. The molecular weight excluding hydrogens is 224 g/mol. The summed E-state index contributed by atoms with van der Waals surface area (Å²) in [5, 5.41) is 16.9. The first-order valence-corrected chi connectivity index (χ1v) is 7.91. The van der Waals surface area contributed by atoms with Crippen molar-refractivity contribution in [2.24, 2.45) is 11.3 Å². The highest BCUT2D eigenvalue weighted by Crippen LogP contribution is 2.45. The maximum Gasteiger partial charge on any atom is 0.0499 e. The molecule has 0 aromatic rings. The summed E-state index contributed by atoms with van der Waals surface area (Å²) in [6.45, 7) is 2.63. The molecule has 0 radical (unpaired) electrons. The van der Waals surface area contributed by atoms with Gasteiger partial charge in [0.2, 0.25) is 0 Å². The van der Waals surface area contributed by atoms with E-state index >= 15 is 0 Å². The Labute approximate surface area is 111 Å². The third kappa shape index (κ3) is 2.73. The molecule has 0 spiro atoms. The average Bonchev–Trinajstić information content (AvgIpc) is 3.07. The van der Waals surface area contributed by atoms with Gasteiger partial charge in [0.05, 0.1) is 0 Å². The molecule has 2 saturated carbocycles. The second-order valence-electron chi connectivity index (χ2n) is 6.80. The van der Waals surface area contributed by atoms with E-state index in [0.29, 0.717) is 12.6 Å². The van der Waals surface area contributed by atoms with E-state index in [9.17, 15) is 5.11 Å². The highest BCUT2D eigenvalue weighted by atomic mass is 16.3. The lowest BCUT2D eigenvalue weighted by Crippen LogP contribution is -2.48. The summed E-state index contributed by atoms with van der Waals surface area (Å²) < 4.78 is 0. The van der Waals surface area contributed by atoms with Gasteiger partial charge in [-0.05, 0) is 51.0 Å². The quantitative estimate of drug-likeness (QED) is 0.697. The Morgan fingerprint density at radius 2 is 2.00 bits per heavy atom. The van der Waals surface area contributed by atoms with Crippen molar-refractivity contribution in [2.75, 3.05) is 19.7 Å². The van der Waals surface area contributed by atoms with Crippen molar-refractivity contribution in [1.82, 2.24) is 10.6 Å². The molecule has 1 aliphatic heterocycles. The van der Waals surface area contributed by atoms with Gasteiger partial charge in [0, 0.05) is 30.7 Å². The number of rotatable bonds is 5. The first kappa shape index (κ1) is 12.9. The minimum atomic E-state index is 0.257. The van der Waals surface area contributed by atoms with E-state index in [1.165, 1.54) is 57.9 Å². The summed E-state index contributed by atoms with van der Waals surface area (Å²) in [6, 6.07) is 1.45. The van der Waals surface area contributed by atoms with Gasteiger partial charge in [-0.3, -0.25) is 0 Å². The Bertz CT molecular complexity index is 272. The summed E-state index contributed by atoms with van der Waals surface area (Å²) in [7, 11) is 0. The van der Waals surface area contributed by atoms with Crippen molar-refractivity contribution in [2.45, 2.75) is 63.5 Å². The Hall–Kier alpha value is -0.120. The maximum absolute atomic E-state index is 9.39. The zero-order chi connectivity index (χ0) is 12.4. The van der Waals surface area contributed by atoms with Gasteiger partial charge in [-0.15, -0.1) is 0 Å². The average molecular weight is 252 g/mol. The molecule has 3 atom stereocenters. The van der Waals surface area contributed by atoms with Crippen LogP contribution in [0.1, 0.15) is 51.4 Å². The second-order valence-corrected chi connectivity index (χ2v) is 6.80. The van der Waals surface area contributed by atoms with Gasteiger partial charge < -0.3 is 15.7 Å². The Balaban J connectivity index is 1.51. The van der Waals surface area contributed by atoms with E-state index in [2.05, 4.69) is 10.6 Å². The van der Waals surface area contributed by atoms with Crippen molar-refractivity contribution in [3.05, 3.63) is 0 Å². The van der Waals surface area contributed by atoms with Crippen LogP contribution >= 0.6 is 0 Å². The number of aliphatic hydroxyl groups is 1. The molecule has 0 aromatic heterocycles. The van der Waals surface area contributed by atoms with E-state index in [1.54, 1.807) is 0 Å². The zero-order valence-electron chi connectivity index (χ0n) is 11.5. The normalized spacial score (nSPS) is 38.8. The van der Waals surface area contributed by atoms with Crippen LogP contribution in [0.2, 0.25) is 0 Å². The van der Waals surface area contributed by atoms with Crippen molar-refractivity contribution in [3.8, 4) is 0 Å². The molecular formula is C15H28N2O. The van der Waals surface area contributed by atoms with Crippen LogP contribution in [0.15, 0.2) is 0 Å². The lowest BCUT2D eigenvalue weighted by atomic mass is 9.88. The number of nitrogens with one attached hydrogen (secondary N) is 2. The summed E-state index contributed by atoms with van der Waals surface area (Å²) in [6.07, 6.45) is 10.7. The smallest absolute Gasteiger partial charge is 0.0499 e. The molecule has 3 rings (SSSR count). The van der Waals surface area contributed by atoms with Gasteiger partial charge in [0.25, 0.3) is 0 Å². The topological polar surface area (TPSA) is 44.3 Å². The maximum atomic E-state index is 9.39. The Morgan fingerprint density at radius 1 is 1.11 bits per heavy atom. The van der Waals surface area contributed by atoms with Crippen LogP contribution in [0.3, 0.4) is 0 Å². The largest absolute Gasteiger partial charge is 0.396 e. The standard InChI is InChI=1S/C15H28N2O/c18-11-15(7-8-15)10-17-14-6-3-4-12(14)13-5-1-2-9-16-13/h12-14,16-18H,1-11H2. The number of piperidine rings is 1. The highest BCUT2D eigenvalue weighted by Gasteiger charge is 2.43. The minimum absolute atomic E-state index is 0.257. The molecule has 3 fully saturated rings. The molecule has 1 saturated heterocycles. The van der Waals surface area contributed by atoms with Crippen LogP contribution in [-0.2, 0) is 0 Å². The third-order valence-electron chi connectivity index (χ3n) is 5.47. The van der Waals surface area contributed by atoms with Crippen LogP contribution in [0.5, 0.6) is 0 Å². The number of hydrogen-bond donors (Lipinski definition) is 3. The number of aliphatic hydroxyl groups excluding tert-OH is 1. The fourth-order valence-electron chi connectivity index (χ4n) is 3.88. The SMILES string of the molecule is OCC1(CNC2CCCC2C2CCCCN2)CC1. The molecule has 2 aliphatic carbocycles. The van der Waals surface area contributed by atoms with Crippen molar-refractivity contribution in [1.29, 1.82) is 0 Å². The van der Waals surface area contributed by atoms with E-state index < -0.39 is 0 Å². The monoisotopic (exact) mass is 252 g/mol. The van der Waals surface area contributed by atoms with E-state index in [4.69, 9.17) is 0 Å². The molecule has 3 unspecified atom stereocenters. The summed E-state index contributed by atoms with van der Waals surface area (Å²) in [5.74, 6) is 0.833. The fraction of sp³-hybridized carbons (Fsp3) is 1.00. The van der Waals surface area contributed by atoms with Gasteiger partial charge >= 0.3 is 0 Å². The predicted molar refractivity (Wildman–Crippen MR) is 73.5 cm³/mol. The molecule has 0 aromatic carbocycles. The Kier molecular flexibility index (Phi) is 3.92. The summed E-state index contributed by atoms with van der Waals surface area (Å²) >= 11 is 0. The molecule has 0 bridgehead atoms. The van der Waals surface area contributed by atoms with Gasteiger partial charge in [-0.1, -0.05) is 12.8 Å². The lowest BCUT2D eigenvalue weighted by molar-refractivity contribution is 0.192. The molecule has 3 nitrogen and oxygen atoms in total. The van der Waals surface area contributed by atoms with Gasteiger partial charge in [0.1, 0.15) is 0 Å². The first-order chi connectivity index (χ1) is 8.83. The van der Waals surface area contributed by atoms with Gasteiger partial charge in [0.15, 0.2) is 0 Å². The van der Waals surface area contributed by atoms with Crippen LogP contribution in [0.25, 0.3) is 0 Å². The third-order valence-corrected chi connectivity index (χ3v) is 5.47. The molecule has 3 aliphatic rings.